The molecular formula is C23H24FN3O4. The second-order valence-corrected chi connectivity index (χ2v) is 7.50. The van der Waals surface area contributed by atoms with Crippen molar-refractivity contribution in [2.45, 2.75) is 25.2 Å². The number of rotatable bonds is 6. The Kier molecular flexibility index (Phi) is 6.16. The molecule has 1 atom stereocenters. The number of likely N-dealkylation sites (tertiary alicyclic amines) is 1. The molecular weight excluding hydrogens is 401 g/mol. The summed E-state index contributed by atoms with van der Waals surface area (Å²) in [6, 6.07) is 11.4. The molecule has 162 valence electrons. The number of ether oxygens (including phenoxy) is 2. The molecule has 0 saturated carbocycles. The lowest BCUT2D eigenvalue weighted by Crippen LogP contribution is -2.40. The standard InChI is InChI=1S/C23H24FN3O4/c1-29-19-10-5-15(12-20(19)30-2)13-21(28)27-11-3-4-17(14-27)23-26-25-22(31-23)16-6-8-18(24)9-7-16/h5-10,12,17H,3-4,11,13-14H2,1-2H3. The maximum atomic E-state index is 13.1. The van der Waals surface area contributed by atoms with Crippen molar-refractivity contribution in [3.8, 4) is 23.0 Å². The molecule has 8 heteroatoms. The Balaban J connectivity index is 1.43. The highest BCUT2D eigenvalue weighted by molar-refractivity contribution is 5.79. The third kappa shape index (κ3) is 4.68. The molecule has 4 rings (SSSR count). The molecule has 3 aromatic rings. The van der Waals surface area contributed by atoms with E-state index in [1.807, 2.05) is 17.0 Å². The number of hydrogen-bond acceptors (Lipinski definition) is 6. The molecule has 2 heterocycles. The van der Waals surface area contributed by atoms with Gasteiger partial charge in [0.2, 0.25) is 17.7 Å². The van der Waals surface area contributed by atoms with E-state index in [1.54, 1.807) is 32.4 Å². The molecule has 2 aromatic carbocycles. The summed E-state index contributed by atoms with van der Waals surface area (Å²) >= 11 is 0. The maximum absolute atomic E-state index is 13.1. The van der Waals surface area contributed by atoms with Crippen molar-refractivity contribution in [2.24, 2.45) is 0 Å². The first-order valence-corrected chi connectivity index (χ1v) is 10.2. The zero-order valence-corrected chi connectivity index (χ0v) is 17.5. The molecule has 0 N–H and O–H groups in total. The zero-order chi connectivity index (χ0) is 21.8. The number of piperidine rings is 1. The highest BCUT2D eigenvalue weighted by Gasteiger charge is 2.28. The summed E-state index contributed by atoms with van der Waals surface area (Å²) < 4.78 is 29.6. The maximum Gasteiger partial charge on any atom is 0.247 e. The number of nitrogens with zero attached hydrogens (tertiary/aromatic N) is 3. The molecule has 1 saturated heterocycles. The number of carbonyl (C=O) groups is 1. The van der Waals surface area contributed by atoms with Gasteiger partial charge in [0.25, 0.3) is 0 Å². The van der Waals surface area contributed by atoms with E-state index in [-0.39, 0.29) is 24.1 Å². The first-order chi connectivity index (χ1) is 15.1. The number of hydrogen-bond donors (Lipinski definition) is 0. The van der Waals surface area contributed by atoms with Gasteiger partial charge in [-0.05, 0) is 54.8 Å². The third-order valence-corrected chi connectivity index (χ3v) is 5.46. The Morgan fingerprint density at radius 3 is 2.65 bits per heavy atom. The highest BCUT2D eigenvalue weighted by Crippen LogP contribution is 2.30. The van der Waals surface area contributed by atoms with Gasteiger partial charge in [0, 0.05) is 18.7 Å². The van der Waals surface area contributed by atoms with Gasteiger partial charge in [0.1, 0.15) is 5.82 Å². The van der Waals surface area contributed by atoms with E-state index >= 15 is 0 Å². The van der Waals surface area contributed by atoms with Crippen molar-refractivity contribution in [3.05, 3.63) is 59.7 Å². The summed E-state index contributed by atoms with van der Waals surface area (Å²) in [7, 11) is 3.15. The monoisotopic (exact) mass is 425 g/mol. The number of aromatic nitrogens is 2. The summed E-state index contributed by atoms with van der Waals surface area (Å²) in [6.07, 6.45) is 2.00. The van der Waals surface area contributed by atoms with Crippen molar-refractivity contribution in [1.82, 2.24) is 15.1 Å². The van der Waals surface area contributed by atoms with Crippen LogP contribution in [0.2, 0.25) is 0 Å². The summed E-state index contributed by atoms with van der Waals surface area (Å²) in [6.45, 7) is 1.22. The van der Waals surface area contributed by atoms with Crippen molar-refractivity contribution >= 4 is 5.91 Å². The molecule has 0 aliphatic carbocycles. The van der Waals surface area contributed by atoms with Crippen LogP contribution < -0.4 is 9.47 Å². The minimum atomic E-state index is -0.320. The van der Waals surface area contributed by atoms with Gasteiger partial charge >= 0.3 is 0 Å². The van der Waals surface area contributed by atoms with Gasteiger partial charge in [-0.2, -0.15) is 0 Å². The van der Waals surface area contributed by atoms with E-state index in [2.05, 4.69) is 10.2 Å². The van der Waals surface area contributed by atoms with Crippen molar-refractivity contribution in [3.63, 3.8) is 0 Å². The first-order valence-electron chi connectivity index (χ1n) is 10.2. The second kappa shape index (κ2) is 9.16. The van der Waals surface area contributed by atoms with E-state index < -0.39 is 0 Å². The summed E-state index contributed by atoms with van der Waals surface area (Å²) in [4.78, 5) is 14.7. The van der Waals surface area contributed by atoms with Gasteiger partial charge in [-0.1, -0.05) is 6.07 Å². The van der Waals surface area contributed by atoms with Crippen LogP contribution in [0.15, 0.2) is 46.9 Å². The number of carbonyl (C=O) groups excluding carboxylic acids is 1. The van der Waals surface area contributed by atoms with Crippen LogP contribution in [0.25, 0.3) is 11.5 Å². The average Bonchev–Trinajstić information content (AvgIpc) is 3.30. The smallest absolute Gasteiger partial charge is 0.247 e. The van der Waals surface area contributed by atoms with Gasteiger partial charge in [-0.25, -0.2) is 4.39 Å². The second-order valence-electron chi connectivity index (χ2n) is 7.50. The van der Waals surface area contributed by atoms with Crippen molar-refractivity contribution < 1.29 is 23.1 Å². The topological polar surface area (TPSA) is 77.7 Å². The van der Waals surface area contributed by atoms with E-state index in [0.717, 1.165) is 18.4 Å². The van der Waals surface area contributed by atoms with E-state index in [1.165, 1.54) is 12.1 Å². The Labute approximate surface area is 179 Å². The van der Waals surface area contributed by atoms with Crippen LogP contribution in [0.5, 0.6) is 11.5 Å². The lowest BCUT2D eigenvalue weighted by atomic mass is 9.97. The molecule has 0 spiro atoms. The minimum Gasteiger partial charge on any atom is -0.493 e. The molecule has 1 aromatic heterocycles. The normalized spacial score (nSPS) is 16.2. The molecule has 1 aliphatic heterocycles. The summed E-state index contributed by atoms with van der Waals surface area (Å²) in [5, 5.41) is 8.28. The molecule has 1 fully saturated rings. The van der Waals surface area contributed by atoms with Crippen LogP contribution in [0, 0.1) is 5.82 Å². The Morgan fingerprint density at radius 1 is 1.13 bits per heavy atom. The Hall–Kier alpha value is -3.42. The molecule has 31 heavy (non-hydrogen) atoms. The van der Waals surface area contributed by atoms with Crippen molar-refractivity contribution in [2.75, 3.05) is 27.3 Å². The molecule has 1 aliphatic rings. The predicted octanol–water partition coefficient (Wildman–Crippen LogP) is 3.84. The quantitative estimate of drug-likeness (QED) is 0.597. The SMILES string of the molecule is COc1ccc(CC(=O)N2CCCC(c3nnc(-c4ccc(F)cc4)o3)C2)cc1OC. The Bertz CT molecular complexity index is 1050. The molecule has 0 bridgehead atoms. The van der Waals surface area contributed by atoms with Crippen LogP contribution >= 0.6 is 0 Å². The van der Waals surface area contributed by atoms with Crippen LogP contribution in [0.4, 0.5) is 4.39 Å². The first kappa shape index (κ1) is 20.8. The fourth-order valence-electron chi connectivity index (χ4n) is 3.79. The minimum absolute atomic E-state index is 0.0233. The third-order valence-electron chi connectivity index (χ3n) is 5.46. The van der Waals surface area contributed by atoms with E-state index in [0.29, 0.717) is 41.9 Å². The van der Waals surface area contributed by atoms with Gasteiger partial charge in [0.15, 0.2) is 11.5 Å². The predicted molar refractivity (Wildman–Crippen MR) is 111 cm³/mol. The molecule has 7 nitrogen and oxygen atoms in total. The van der Waals surface area contributed by atoms with Crippen molar-refractivity contribution in [1.29, 1.82) is 0 Å². The fourth-order valence-corrected chi connectivity index (χ4v) is 3.79. The zero-order valence-electron chi connectivity index (χ0n) is 17.5. The van der Waals surface area contributed by atoms with Crippen LogP contribution in [-0.2, 0) is 11.2 Å². The van der Waals surface area contributed by atoms with E-state index in [4.69, 9.17) is 13.9 Å². The summed E-state index contributed by atoms with van der Waals surface area (Å²) in [5.41, 5.74) is 1.53. The lowest BCUT2D eigenvalue weighted by molar-refractivity contribution is -0.131. The van der Waals surface area contributed by atoms with Gasteiger partial charge in [0.05, 0.1) is 26.6 Å². The fraction of sp³-hybridized carbons (Fsp3) is 0.348. The number of methoxy groups -OCH3 is 2. The van der Waals surface area contributed by atoms with Gasteiger partial charge in [-0.3, -0.25) is 4.79 Å². The highest BCUT2D eigenvalue weighted by atomic mass is 19.1. The largest absolute Gasteiger partial charge is 0.493 e. The van der Waals surface area contributed by atoms with Crippen LogP contribution in [0.3, 0.4) is 0 Å². The summed E-state index contributed by atoms with van der Waals surface area (Å²) in [5.74, 6) is 1.78. The van der Waals surface area contributed by atoms with Crippen LogP contribution in [-0.4, -0.2) is 48.3 Å². The van der Waals surface area contributed by atoms with Crippen LogP contribution in [0.1, 0.15) is 30.2 Å². The van der Waals surface area contributed by atoms with E-state index in [9.17, 15) is 9.18 Å². The molecule has 1 amide bonds. The van der Waals surface area contributed by atoms with Gasteiger partial charge in [-0.15, -0.1) is 10.2 Å². The lowest BCUT2D eigenvalue weighted by Gasteiger charge is -2.31. The number of amides is 1. The van der Waals surface area contributed by atoms with Gasteiger partial charge < -0.3 is 18.8 Å². The Morgan fingerprint density at radius 2 is 1.90 bits per heavy atom. The molecule has 0 radical (unpaired) electrons. The average molecular weight is 425 g/mol. The number of halogens is 1. The molecule has 1 unspecified atom stereocenters. The number of benzene rings is 2.